The zero-order chi connectivity index (χ0) is 24.8. The third-order valence-electron chi connectivity index (χ3n) is 4.05. The van der Waals surface area contributed by atoms with Crippen LogP contribution in [0.1, 0.15) is 0 Å². The molecule has 0 aromatic rings. The summed E-state index contributed by atoms with van der Waals surface area (Å²) in [4.78, 5) is 71.3. The molecule has 6 atom stereocenters. The molecule has 0 bridgehead atoms. The zero-order valence-electron chi connectivity index (χ0n) is 16.8. The van der Waals surface area contributed by atoms with Crippen LogP contribution in [-0.2, 0) is 67.5 Å². The van der Waals surface area contributed by atoms with E-state index in [1.54, 1.807) is 0 Å². The summed E-state index contributed by atoms with van der Waals surface area (Å²) >= 11 is 0. The number of phosphoric ester groups is 6. The summed E-state index contributed by atoms with van der Waals surface area (Å²) in [5, 5.41) is 0. The number of hydrogen-bond acceptors (Lipinski definition) is 21. The first kappa shape index (κ1) is 38.6. The van der Waals surface area contributed by atoms with E-state index in [0.717, 1.165) is 0 Å². The number of fused-ring (bicyclic) bond motifs is 6. The van der Waals surface area contributed by atoms with Gasteiger partial charge in [0.15, 0.2) is 0 Å². The standard InChI is InChI=1S/C6H12O21P6.3Ca/c7-28(8)19-1-2(20-29(9,10)25-28)4-6(24-33(17,18)27-32(15,16)23-4)5-3(1)21-30(11,12)26-31(13,14)22-5;;;/h1-6H,(H,7,8)(H,9,10)(H,11,12)(H,13,14)(H,15,16)(H,17,18);;;/q;3*+2/p-6. The first-order valence-corrected chi connectivity index (χ1v) is 16.6. The molecule has 4 fully saturated rings. The molecule has 3 aliphatic heterocycles. The molecule has 0 amide bonds. The van der Waals surface area contributed by atoms with Gasteiger partial charge < -0.3 is 56.5 Å². The van der Waals surface area contributed by atoms with Crippen LogP contribution in [0.4, 0.5) is 0 Å². The van der Waals surface area contributed by atoms with Gasteiger partial charge >= 0.3 is 113 Å². The van der Waals surface area contributed by atoms with E-state index < -0.39 is 83.6 Å². The van der Waals surface area contributed by atoms with Crippen molar-refractivity contribution in [1.29, 1.82) is 0 Å². The molecule has 0 aromatic heterocycles. The Bertz CT molecular complexity index is 909. The van der Waals surface area contributed by atoms with Gasteiger partial charge in [0.2, 0.25) is 0 Å². The second-order valence-electron chi connectivity index (χ2n) is 6.35. The SMILES string of the molecule is O=P1([O-])OC2C3OP(=O)([O-])OP(=O)([O-])OC3C3OP(=O)([O-])OP(=O)([O-])OC3C2OP(=O)([O-])O1.[Ca+2].[Ca+2].[Ca+2]. The van der Waals surface area contributed by atoms with Crippen LogP contribution in [0.2, 0.25) is 0 Å². The number of rotatable bonds is 0. The minimum absolute atomic E-state index is 0. The van der Waals surface area contributed by atoms with E-state index in [1.165, 1.54) is 0 Å². The van der Waals surface area contributed by atoms with Crippen LogP contribution in [-0.4, -0.2) is 150 Å². The molecule has 21 nitrogen and oxygen atoms in total. The third-order valence-corrected chi connectivity index (χ3v) is 11.9. The summed E-state index contributed by atoms with van der Waals surface area (Å²) < 4.78 is 109. The Morgan fingerprint density at radius 1 is 0.333 bits per heavy atom. The molecule has 3 heterocycles. The average molecular weight is 720 g/mol. The monoisotopic (exact) mass is 720 g/mol. The van der Waals surface area contributed by atoms with Crippen LogP contribution in [0.3, 0.4) is 0 Å². The summed E-state index contributed by atoms with van der Waals surface area (Å²) in [5.41, 5.74) is 0. The van der Waals surface area contributed by atoms with Gasteiger partial charge in [-0.2, -0.15) is 0 Å². The van der Waals surface area contributed by atoms with Crippen molar-refractivity contribution < 1.29 is 96.8 Å². The molecular formula is C6H6Ca3O21P6. The van der Waals surface area contributed by atoms with Crippen molar-refractivity contribution in [3.05, 3.63) is 0 Å². The van der Waals surface area contributed by atoms with Crippen molar-refractivity contribution in [3.63, 3.8) is 0 Å². The maximum absolute atomic E-state index is 11.9. The Kier molecular flexibility index (Phi) is 13.8. The van der Waals surface area contributed by atoms with Crippen LogP contribution in [0.25, 0.3) is 0 Å². The first-order valence-electron chi connectivity index (χ1n) is 7.80. The van der Waals surface area contributed by atoms with Gasteiger partial charge in [-0.05, 0) is 0 Å². The van der Waals surface area contributed by atoms with Crippen LogP contribution >= 0.6 is 46.9 Å². The summed E-state index contributed by atoms with van der Waals surface area (Å²) in [7, 11) is -35.8. The molecular weight excluding hydrogens is 714 g/mol. The molecule has 0 spiro atoms. The van der Waals surface area contributed by atoms with E-state index in [2.05, 4.69) is 40.1 Å². The van der Waals surface area contributed by atoms with E-state index in [1.807, 2.05) is 0 Å². The largest absolute Gasteiger partial charge is 2.00 e. The molecule has 36 heavy (non-hydrogen) atoms. The van der Waals surface area contributed by atoms with Gasteiger partial charge in [0.1, 0.15) is 36.6 Å². The molecule has 30 heteroatoms. The Hall–Kier alpha value is 4.56. The Morgan fingerprint density at radius 3 is 0.556 bits per heavy atom. The van der Waals surface area contributed by atoms with Crippen molar-refractivity contribution in [3.8, 4) is 0 Å². The van der Waals surface area contributed by atoms with Gasteiger partial charge in [-0.15, -0.1) is 0 Å². The van der Waals surface area contributed by atoms with Gasteiger partial charge in [-0.1, -0.05) is 0 Å². The average Bonchev–Trinajstić information content (AvgIpc) is 2.74. The predicted octanol–water partition coefficient (Wildman–Crippen LogP) is -4.93. The van der Waals surface area contributed by atoms with Gasteiger partial charge in [-0.25, -0.2) is 12.9 Å². The number of phosphoric acid groups is 6. The van der Waals surface area contributed by atoms with Crippen LogP contribution in [0, 0.1) is 0 Å². The Balaban J connectivity index is 0.00000216. The predicted molar refractivity (Wildman–Crippen MR) is 95.4 cm³/mol. The minimum atomic E-state index is -5.97. The van der Waals surface area contributed by atoms with Crippen molar-refractivity contribution in [2.45, 2.75) is 36.6 Å². The molecule has 192 valence electrons. The third kappa shape index (κ3) is 9.28. The summed E-state index contributed by atoms with van der Waals surface area (Å²) in [5.74, 6) is 0. The first-order chi connectivity index (χ1) is 14.7. The maximum atomic E-state index is 11.9. The van der Waals surface area contributed by atoms with Crippen LogP contribution in [0.5, 0.6) is 0 Å². The van der Waals surface area contributed by atoms with E-state index in [-0.39, 0.29) is 113 Å². The normalized spacial score (nSPS) is 56.8. The second-order valence-corrected chi connectivity index (χ2v) is 14.9. The molecule has 0 aromatic carbocycles. The van der Waals surface area contributed by atoms with Crippen molar-refractivity contribution in [2.24, 2.45) is 0 Å². The second kappa shape index (κ2) is 12.9. The smallest absolute Gasteiger partial charge is 0.756 e. The van der Waals surface area contributed by atoms with E-state index in [0.29, 0.717) is 0 Å². The molecule has 0 radical (unpaired) electrons. The Labute approximate surface area is 289 Å². The molecule has 4 rings (SSSR count). The van der Waals surface area contributed by atoms with E-state index in [9.17, 15) is 56.8 Å². The minimum Gasteiger partial charge on any atom is -0.756 e. The molecule has 6 unspecified atom stereocenters. The van der Waals surface area contributed by atoms with Crippen LogP contribution < -0.4 is 29.4 Å². The van der Waals surface area contributed by atoms with Crippen molar-refractivity contribution in [1.82, 2.24) is 0 Å². The molecule has 3 saturated heterocycles. The summed E-state index contributed by atoms with van der Waals surface area (Å²) in [6.07, 6.45) is -15.7. The fourth-order valence-corrected chi connectivity index (χ4v) is 10.3. The van der Waals surface area contributed by atoms with Gasteiger partial charge in [0.05, 0.1) is 0 Å². The Morgan fingerprint density at radius 2 is 0.444 bits per heavy atom. The molecule has 1 saturated carbocycles. The molecule has 4 aliphatic rings. The van der Waals surface area contributed by atoms with Crippen molar-refractivity contribution >= 4 is 160 Å². The fraction of sp³-hybridized carbons (Fsp3) is 1.00. The van der Waals surface area contributed by atoms with E-state index >= 15 is 0 Å². The van der Waals surface area contributed by atoms with Crippen LogP contribution in [0.15, 0.2) is 0 Å². The zero-order valence-corrected chi connectivity index (χ0v) is 28.8. The molecule has 0 N–H and O–H groups in total. The van der Waals surface area contributed by atoms with E-state index in [4.69, 9.17) is 0 Å². The van der Waals surface area contributed by atoms with Gasteiger partial charge in [0.25, 0.3) is 46.9 Å². The molecule has 1 aliphatic carbocycles. The van der Waals surface area contributed by atoms with Crippen molar-refractivity contribution in [2.75, 3.05) is 0 Å². The van der Waals surface area contributed by atoms with Gasteiger partial charge in [-0.3, -0.25) is 27.4 Å². The maximum Gasteiger partial charge on any atom is 2.00 e. The summed E-state index contributed by atoms with van der Waals surface area (Å²) in [6, 6.07) is 0. The quantitative estimate of drug-likeness (QED) is 0.167. The summed E-state index contributed by atoms with van der Waals surface area (Å²) in [6.45, 7) is 0. The fourth-order valence-electron chi connectivity index (χ4n) is 3.22. The number of hydrogen-bond donors (Lipinski definition) is 0. The van der Waals surface area contributed by atoms with Gasteiger partial charge in [0, 0.05) is 0 Å². The topological polar surface area (TPSA) is 324 Å².